The van der Waals surface area contributed by atoms with Crippen LogP contribution in [0.1, 0.15) is 39.7 Å². The molecule has 1 atom stereocenters. The Hall–Kier alpha value is -1.88. The summed E-state index contributed by atoms with van der Waals surface area (Å²) in [5.74, 6) is 0.427. The lowest BCUT2D eigenvalue weighted by Crippen LogP contribution is -2.42. The number of aromatic amines is 1. The van der Waals surface area contributed by atoms with Crippen LogP contribution >= 0.6 is 11.3 Å². The molecule has 1 saturated carbocycles. The molecular weight excluding hydrogens is 284 g/mol. The van der Waals surface area contributed by atoms with Crippen LogP contribution in [0.5, 0.6) is 0 Å². The third-order valence-electron chi connectivity index (χ3n) is 4.40. The Kier molecular flexibility index (Phi) is 2.96. The predicted molar refractivity (Wildman–Crippen MR) is 81.6 cm³/mol. The van der Waals surface area contributed by atoms with Crippen molar-refractivity contribution in [3.05, 3.63) is 56.1 Å². The molecule has 2 aromatic rings. The van der Waals surface area contributed by atoms with Crippen LogP contribution in [0.2, 0.25) is 0 Å². The number of amides is 1. The Balaban J connectivity index is 1.73. The molecule has 21 heavy (non-hydrogen) atoms. The zero-order valence-electron chi connectivity index (χ0n) is 11.5. The summed E-state index contributed by atoms with van der Waals surface area (Å²) in [6.07, 6.45) is 6.33. The van der Waals surface area contributed by atoms with Gasteiger partial charge < -0.3 is 9.88 Å². The van der Waals surface area contributed by atoms with Crippen molar-refractivity contribution in [1.82, 2.24) is 9.88 Å². The van der Waals surface area contributed by atoms with E-state index in [0.717, 1.165) is 6.42 Å². The average molecular weight is 300 g/mol. The van der Waals surface area contributed by atoms with E-state index >= 15 is 0 Å². The van der Waals surface area contributed by atoms with Crippen LogP contribution < -0.4 is 5.43 Å². The van der Waals surface area contributed by atoms with Gasteiger partial charge in [-0.05, 0) is 42.2 Å². The van der Waals surface area contributed by atoms with Gasteiger partial charge in [-0.25, -0.2) is 0 Å². The van der Waals surface area contributed by atoms with E-state index in [1.54, 1.807) is 17.5 Å². The van der Waals surface area contributed by atoms with Gasteiger partial charge in [0, 0.05) is 29.9 Å². The van der Waals surface area contributed by atoms with Crippen molar-refractivity contribution < 1.29 is 4.79 Å². The van der Waals surface area contributed by atoms with Gasteiger partial charge in [0.05, 0.1) is 6.04 Å². The molecular formula is C16H16N2O2S. The SMILES string of the molecule is O=C(c1c[nH]ccc1=O)N1CCc2sccc2C1C1CC1. The zero-order chi connectivity index (χ0) is 14.4. The number of rotatable bonds is 2. The fraction of sp³-hybridized carbons (Fsp3) is 0.375. The number of hydrogen-bond donors (Lipinski definition) is 1. The zero-order valence-corrected chi connectivity index (χ0v) is 12.4. The van der Waals surface area contributed by atoms with Crippen LogP contribution in [0.15, 0.2) is 34.7 Å². The topological polar surface area (TPSA) is 53.2 Å². The first kappa shape index (κ1) is 12.8. The van der Waals surface area contributed by atoms with E-state index in [-0.39, 0.29) is 22.9 Å². The average Bonchev–Trinajstić information content (AvgIpc) is 3.22. The fourth-order valence-electron chi connectivity index (χ4n) is 3.23. The standard InChI is InChI=1S/C16H16N2O2S/c19-13-3-6-17-9-12(13)16(20)18-7-4-14-11(5-8-21-14)15(18)10-1-2-10/h3,5-6,8-10,15H,1-2,4,7H2,(H,17,19). The smallest absolute Gasteiger partial charge is 0.259 e. The maximum Gasteiger partial charge on any atom is 0.259 e. The monoisotopic (exact) mass is 300 g/mol. The van der Waals surface area contributed by atoms with Gasteiger partial charge in [0.25, 0.3) is 5.91 Å². The molecule has 1 fully saturated rings. The first-order valence-corrected chi connectivity index (χ1v) is 8.18. The van der Waals surface area contributed by atoms with Crippen molar-refractivity contribution >= 4 is 17.2 Å². The summed E-state index contributed by atoms with van der Waals surface area (Å²) in [6, 6.07) is 3.73. The first-order valence-electron chi connectivity index (χ1n) is 7.30. The van der Waals surface area contributed by atoms with Crippen molar-refractivity contribution in [3.8, 4) is 0 Å². The molecule has 0 radical (unpaired) electrons. The highest BCUT2D eigenvalue weighted by Gasteiger charge is 2.42. The molecule has 1 N–H and O–H groups in total. The van der Waals surface area contributed by atoms with Crippen molar-refractivity contribution in [2.45, 2.75) is 25.3 Å². The van der Waals surface area contributed by atoms with Crippen molar-refractivity contribution in [2.24, 2.45) is 5.92 Å². The molecule has 1 aliphatic carbocycles. The molecule has 1 unspecified atom stereocenters. The van der Waals surface area contributed by atoms with Gasteiger partial charge in [0.15, 0.2) is 5.43 Å². The lowest BCUT2D eigenvalue weighted by molar-refractivity contribution is 0.0635. The second-order valence-corrected chi connectivity index (χ2v) is 6.75. The molecule has 2 aromatic heterocycles. The van der Waals surface area contributed by atoms with E-state index in [9.17, 15) is 9.59 Å². The Morgan fingerprint density at radius 2 is 2.19 bits per heavy atom. The summed E-state index contributed by atoms with van der Waals surface area (Å²) in [5.41, 5.74) is 1.35. The highest BCUT2D eigenvalue weighted by atomic mass is 32.1. The summed E-state index contributed by atoms with van der Waals surface area (Å²) in [7, 11) is 0. The highest BCUT2D eigenvalue weighted by Crippen LogP contribution is 2.48. The van der Waals surface area contributed by atoms with Gasteiger partial charge in [-0.15, -0.1) is 11.3 Å². The Bertz CT molecular complexity index is 744. The summed E-state index contributed by atoms with van der Waals surface area (Å²) in [4.78, 5) is 30.9. The molecule has 2 aliphatic rings. The molecule has 4 nitrogen and oxygen atoms in total. The van der Waals surface area contributed by atoms with Crippen molar-refractivity contribution in [3.63, 3.8) is 0 Å². The van der Waals surface area contributed by atoms with E-state index in [2.05, 4.69) is 16.4 Å². The Morgan fingerprint density at radius 3 is 2.95 bits per heavy atom. The second kappa shape index (κ2) is 4.84. The van der Waals surface area contributed by atoms with Gasteiger partial charge in [-0.1, -0.05) is 0 Å². The number of pyridine rings is 1. The number of aromatic nitrogens is 1. The highest BCUT2D eigenvalue weighted by molar-refractivity contribution is 7.10. The van der Waals surface area contributed by atoms with Crippen LogP contribution in [0.4, 0.5) is 0 Å². The summed E-state index contributed by atoms with van der Waals surface area (Å²) in [5, 5.41) is 2.11. The molecule has 0 saturated heterocycles. The summed E-state index contributed by atoms with van der Waals surface area (Å²) in [6.45, 7) is 0.710. The largest absolute Gasteiger partial charge is 0.367 e. The lowest BCUT2D eigenvalue weighted by atomic mass is 9.95. The van der Waals surface area contributed by atoms with Gasteiger partial charge in [-0.2, -0.15) is 0 Å². The Labute approximate surface area is 126 Å². The van der Waals surface area contributed by atoms with Crippen LogP contribution in [0.25, 0.3) is 0 Å². The molecule has 5 heteroatoms. The van der Waals surface area contributed by atoms with E-state index in [4.69, 9.17) is 0 Å². The van der Waals surface area contributed by atoms with Gasteiger partial charge in [-0.3, -0.25) is 9.59 Å². The summed E-state index contributed by atoms with van der Waals surface area (Å²) < 4.78 is 0. The molecule has 3 heterocycles. The number of carbonyl (C=O) groups is 1. The lowest BCUT2D eigenvalue weighted by Gasteiger charge is -2.36. The maximum absolute atomic E-state index is 12.8. The number of fused-ring (bicyclic) bond motifs is 1. The number of thiophene rings is 1. The number of carbonyl (C=O) groups excluding carboxylic acids is 1. The quantitative estimate of drug-likeness (QED) is 0.927. The van der Waals surface area contributed by atoms with Crippen LogP contribution in [-0.4, -0.2) is 22.3 Å². The van der Waals surface area contributed by atoms with Crippen molar-refractivity contribution in [1.29, 1.82) is 0 Å². The molecule has 1 amide bonds. The van der Waals surface area contributed by atoms with Crippen LogP contribution in [-0.2, 0) is 6.42 Å². The Morgan fingerprint density at radius 1 is 1.33 bits per heavy atom. The molecule has 0 aromatic carbocycles. The molecule has 1 aliphatic heterocycles. The van der Waals surface area contributed by atoms with E-state index in [1.807, 2.05) is 4.90 Å². The molecule has 0 bridgehead atoms. The maximum atomic E-state index is 12.8. The fourth-order valence-corrected chi connectivity index (χ4v) is 4.15. The van der Waals surface area contributed by atoms with Gasteiger partial charge in [0.2, 0.25) is 0 Å². The number of nitrogens with zero attached hydrogens (tertiary/aromatic N) is 1. The van der Waals surface area contributed by atoms with E-state index in [1.165, 1.54) is 35.5 Å². The first-order chi connectivity index (χ1) is 10.3. The van der Waals surface area contributed by atoms with Gasteiger partial charge >= 0.3 is 0 Å². The van der Waals surface area contributed by atoms with Crippen molar-refractivity contribution in [2.75, 3.05) is 6.54 Å². The molecule has 0 spiro atoms. The van der Waals surface area contributed by atoms with Crippen LogP contribution in [0, 0.1) is 5.92 Å². The number of H-pyrrole nitrogens is 1. The van der Waals surface area contributed by atoms with E-state index < -0.39 is 0 Å². The summed E-state index contributed by atoms with van der Waals surface area (Å²) >= 11 is 1.78. The number of nitrogens with one attached hydrogen (secondary N) is 1. The van der Waals surface area contributed by atoms with Crippen LogP contribution in [0.3, 0.4) is 0 Å². The minimum atomic E-state index is -0.204. The minimum Gasteiger partial charge on any atom is -0.367 e. The predicted octanol–water partition coefficient (Wildman–Crippen LogP) is 2.59. The molecule has 4 rings (SSSR count). The number of hydrogen-bond acceptors (Lipinski definition) is 3. The minimum absolute atomic E-state index is 0.134. The van der Waals surface area contributed by atoms with E-state index in [0.29, 0.717) is 12.5 Å². The second-order valence-electron chi connectivity index (χ2n) is 5.75. The molecule has 108 valence electrons. The third kappa shape index (κ3) is 2.12. The normalized spacial score (nSPS) is 21.1. The third-order valence-corrected chi connectivity index (χ3v) is 5.39. The van der Waals surface area contributed by atoms with Gasteiger partial charge in [0.1, 0.15) is 5.56 Å².